The first kappa shape index (κ1) is 20.6. The van der Waals surface area contributed by atoms with Crippen molar-refractivity contribution in [1.29, 1.82) is 0 Å². The number of anilines is 1. The molecule has 0 aliphatic rings. The maximum atomic E-state index is 12.8. The van der Waals surface area contributed by atoms with Gasteiger partial charge in [0, 0.05) is 25.8 Å². The smallest absolute Gasteiger partial charge is 0.295 e. The normalized spacial score (nSPS) is 10.8. The largest absolute Gasteiger partial charge is 0.319 e. The van der Waals surface area contributed by atoms with Crippen molar-refractivity contribution in [2.45, 2.75) is 6.92 Å². The number of halogens is 3. The predicted octanol–water partition coefficient (Wildman–Crippen LogP) is 6.56. The third-order valence-electron chi connectivity index (χ3n) is 4.46. The Bertz CT molecular complexity index is 1240. The van der Waals surface area contributed by atoms with Crippen LogP contribution >= 0.6 is 39.1 Å². The van der Waals surface area contributed by atoms with E-state index in [4.69, 9.17) is 23.2 Å². The van der Waals surface area contributed by atoms with Crippen LogP contribution in [-0.4, -0.2) is 20.7 Å². The molecule has 0 bridgehead atoms. The van der Waals surface area contributed by atoms with E-state index in [0.717, 1.165) is 21.3 Å². The minimum Gasteiger partial charge on any atom is -0.319 e. The summed E-state index contributed by atoms with van der Waals surface area (Å²) in [7, 11) is 0. The van der Waals surface area contributed by atoms with Crippen molar-refractivity contribution < 1.29 is 4.79 Å². The summed E-state index contributed by atoms with van der Waals surface area (Å²) < 4.78 is 2.53. The Morgan fingerprint density at radius 1 is 1.03 bits per heavy atom. The van der Waals surface area contributed by atoms with E-state index in [1.807, 2.05) is 43.3 Å². The van der Waals surface area contributed by atoms with Crippen LogP contribution < -0.4 is 5.32 Å². The zero-order valence-corrected chi connectivity index (χ0v) is 18.8. The lowest BCUT2D eigenvalue weighted by atomic mass is 10.1. The average Bonchev–Trinajstić information content (AvgIpc) is 3.17. The number of carbonyl (C=O) groups is 1. The molecule has 1 N–H and O–H groups in total. The molecule has 0 saturated heterocycles. The first-order valence-corrected chi connectivity index (χ1v) is 10.5. The summed E-state index contributed by atoms with van der Waals surface area (Å²) in [6.07, 6.45) is 0. The van der Waals surface area contributed by atoms with Gasteiger partial charge < -0.3 is 5.32 Å². The number of hydrogen-bond donors (Lipinski definition) is 1. The molecule has 0 saturated carbocycles. The lowest BCUT2D eigenvalue weighted by Crippen LogP contribution is -2.14. The van der Waals surface area contributed by atoms with E-state index in [1.54, 1.807) is 35.0 Å². The van der Waals surface area contributed by atoms with Gasteiger partial charge in [0.15, 0.2) is 5.82 Å². The van der Waals surface area contributed by atoms with Crippen LogP contribution in [0.3, 0.4) is 0 Å². The van der Waals surface area contributed by atoms with Gasteiger partial charge in [0.25, 0.3) is 5.91 Å². The van der Waals surface area contributed by atoms with E-state index < -0.39 is 5.91 Å². The fourth-order valence-electron chi connectivity index (χ4n) is 2.94. The number of carbonyl (C=O) groups excluding carboxylic acids is 1. The Hall–Kier alpha value is -2.67. The third-order valence-corrected chi connectivity index (χ3v) is 5.64. The number of nitrogens with zero attached hydrogens (tertiary/aromatic N) is 3. The van der Waals surface area contributed by atoms with Crippen LogP contribution in [0.5, 0.6) is 0 Å². The molecular formula is C22H15BrCl2N4O. The quantitative estimate of drug-likeness (QED) is 0.344. The molecule has 1 amide bonds. The van der Waals surface area contributed by atoms with Crippen LogP contribution in [-0.2, 0) is 0 Å². The monoisotopic (exact) mass is 500 g/mol. The molecule has 4 rings (SSSR count). The van der Waals surface area contributed by atoms with Gasteiger partial charge in [0.2, 0.25) is 5.82 Å². The van der Waals surface area contributed by atoms with Crippen molar-refractivity contribution in [3.63, 3.8) is 0 Å². The lowest BCUT2D eigenvalue weighted by Gasteiger charge is -2.10. The minimum atomic E-state index is -0.418. The fraction of sp³-hybridized carbons (Fsp3) is 0.0455. The van der Waals surface area contributed by atoms with Gasteiger partial charge in [0.05, 0.1) is 5.69 Å². The summed E-state index contributed by atoms with van der Waals surface area (Å²) in [6, 6.07) is 20.0. The summed E-state index contributed by atoms with van der Waals surface area (Å²) in [5, 5.41) is 8.46. The summed E-state index contributed by atoms with van der Waals surface area (Å²) in [5.74, 6) is 0.107. The molecule has 8 heteroatoms. The third kappa shape index (κ3) is 4.26. The molecule has 150 valence electrons. The highest BCUT2D eigenvalue weighted by atomic mass is 79.9. The molecule has 1 aromatic heterocycles. The van der Waals surface area contributed by atoms with Crippen LogP contribution in [0.1, 0.15) is 16.2 Å². The number of benzene rings is 3. The number of rotatable bonds is 4. The van der Waals surface area contributed by atoms with E-state index in [9.17, 15) is 4.79 Å². The Morgan fingerprint density at radius 3 is 2.50 bits per heavy atom. The lowest BCUT2D eigenvalue weighted by molar-refractivity contribution is 0.101. The zero-order chi connectivity index (χ0) is 21.3. The molecule has 30 heavy (non-hydrogen) atoms. The number of aromatic nitrogens is 3. The molecular weight excluding hydrogens is 487 g/mol. The van der Waals surface area contributed by atoms with Gasteiger partial charge in [-0.2, -0.15) is 0 Å². The molecule has 4 aromatic rings. The Morgan fingerprint density at radius 2 is 1.77 bits per heavy atom. The summed E-state index contributed by atoms with van der Waals surface area (Å²) >= 11 is 15.9. The highest BCUT2D eigenvalue weighted by Crippen LogP contribution is 2.28. The maximum Gasteiger partial charge on any atom is 0.295 e. The van der Waals surface area contributed by atoms with E-state index in [-0.39, 0.29) is 5.82 Å². The SMILES string of the molecule is Cc1c(Cl)cccc1-n1nc(C(=O)Nc2ccc(Br)cc2)nc1-c1cccc(Cl)c1. The molecule has 0 spiro atoms. The fourth-order valence-corrected chi connectivity index (χ4v) is 3.56. The summed E-state index contributed by atoms with van der Waals surface area (Å²) in [5.41, 5.74) is 2.93. The highest BCUT2D eigenvalue weighted by Gasteiger charge is 2.20. The standard InChI is InChI=1S/C22H15BrCl2N4O/c1-13-18(25)6-3-7-19(13)29-21(14-4-2-5-16(24)12-14)27-20(28-29)22(30)26-17-10-8-15(23)9-11-17/h2-12H,1H3,(H,26,30). The zero-order valence-electron chi connectivity index (χ0n) is 15.7. The summed E-state index contributed by atoms with van der Waals surface area (Å²) in [6.45, 7) is 1.89. The van der Waals surface area contributed by atoms with Crippen molar-refractivity contribution in [1.82, 2.24) is 14.8 Å². The Balaban J connectivity index is 1.80. The van der Waals surface area contributed by atoms with Gasteiger partial charge >= 0.3 is 0 Å². The molecule has 1 heterocycles. The molecule has 0 radical (unpaired) electrons. The van der Waals surface area contributed by atoms with E-state index in [2.05, 4.69) is 31.3 Å². The van der Waals surface area contributed by atoms with Crippen LogP contribution in [0.4, 0.5) is 5.69 Å². The van der Waals surface area contributed by atoms with Crippen LogP contribution in [0.2, 0.25) is 10.0 Å². The van der Waals surface area contributed by atoms with Crippen molar-refractivity contribution in [3.8, 4) is 17.1 Å². The minimum absolute atomic E-state index is 0.0345. The molecule has 3 aromatic carbocycles. The van der Waals surface area contributed by atoms with Gasteiger partial charge in [-0.15, -0.1) is 5.10 Å². The maximum absolute atomic E-state index is 12.8. The van der Waals surface area contributed by atoms with Crippen LogP contribution in [0, 0.1) is 6.92 Å². The number of hydrogen-bond acceptors (Lipinski definition) is 3. The second kappa shape index (κ2) is 8.60. The van der Waals surface area contributed by atoms with E-state index >= 15 is 0 Å². The Kier molecular flexibility index (Phi) is 5.90. The van der Waals surface area contributed by atoms with Crippen LogP contribution in [0.15, 0.2) is 71.2 Å². The van der Waals surface area contributed by atoms with Gasteiger partial charge in [-0.25, -0.2) is 9.67 Å². The van der Waals surface area contributed by atoms with Gasteiger partial charge in [-0.05, 0) is 61.0 Å². The van der Waals surface area contributed by atoms with Crippen molar-refractivity contribution in [2.24, 2.45) is 0 Å². The second-order valence-corrected chi connectivity index (χ2v) is 8.29. The Labute approximate surface area is 191 Å². The molecule has 5 nitrogen and oxygen atoms in total. The van der Waals surface area contributed by atoms with Gasteiger partial charge in [-0.3, -0.25) is 4.79 Å². The average molecular weight is 502 g/mol. The van der Waals surface area contributed by atoms with Crippen LogP contribution in [0.25, 0.3) is 17.1 Å². The molecule has 0 unspecified atom stereocenters. The van der Waals surface area contributed by atoms with Crippen molar-refractivity contribution >= 4 is 50.7 Å². The van der Waals surface area contributed by atoms with Gasteiger partial charge in [-0.1, -0.05) is 57.3 Å². The van der Waals surface area contributed by atoms with Gasteiger partial charge in [0.1, 0.15) is 0 Å². The molecule has 0 atom stereocenters. The van der Waals surface area contributed by atoms with E-state index in [1.165, 1.54) is 0 Å². The first-order valence-electron chi connectivity index (χ1n) is 8.98. The molecule has 0 fully saturated rings. The molecule has 0 aliphatic heterocycles. The topological polar surface area (TPSA) is 59.8 Å². The number of amides is 1. The summed E-state index contributed by atoms with van der Waals surface area (Å²) in [4.78, 5) is 17.3. The predicted molar refractivity (Wildman–Crippen MR) is 124 cm³/mol. The second-order valence-electron chi connectivity index (χ2n) is 6.53. The molecule has 0 aliphatic carbocycles. The highest BCUT2D eigenvalue weighted by molar-refractivity contribution is 9.10. The van der Waals surface area contributed by atoms with Crippen molar-refractivity contribution in [3.05, 3.63) is 92.6 Å². The first-order chi connectivity index (χ1) is 14.4. The number of nitrogens with one attached hydrogen (secondary N) is 1. The van der Waals surface area contributed by atoms with E-state index in [0.29, 0.717) is 21.6 Å². The van der Waals surface area contributed by atoms with Crippen molar-refractivity contribution in [2.75, 3.05) is 5.32 Å².